The number of carbonyl (C=O) groups is 2. The van der Waals surface area contributed by atoms with Crippen molar-refractivity contribution < 1.29 is 19.1 Å². The number of nitrogens with zero attached hydrogens (tertiary/aromatic N) is 1. The number of nitrogens with one attached hydrogen (secondary N) is 1. The maximum absolute atomic E-state index is 12.4. The third-order valence-corrected chi connectivity index (χ3v) is 3.76. The summed E-state index contributed by atoms with van der Waals surface area (Å²) in [6.07, 6.45) is -0.879. The first-order valence-electron chi connectivity index (χ1n) is 8.09. The van der Waals surface area contributed by atoms with E-state index in [2.05, 4.69) is 5.32 Å². The average Bonchev–Trinajstić information content (AvgIpc) is 2.67. The fourth-order valence-electron chi connectivity index (χ4n) is 2.28. The molecule has 6 heteroatoms. The maximum atomic E-state index is 12.4. The predicted molar refractivity (Wildman–Crippen MR) is 96.4 cm³/mol. The quantitative estimate of drug-likeness (QED) is 0.738. The van der Waals surface area contributed by atoms with Crippen molar-refractivity contribution in [3.05, 3.63) is 60.2 Å². The van der Waals surface area contributed by atoms with E-state index >= 15 is 0 Å². The van der Waals surface area contributed by atoms with Gasteiger partial charge in [-0.2, -0.15) is 5.26 Å². The lowest BCUT2D eigenvalue weighted by Gasteiger charge is -2.16. The Morgan fingerprint density at radius 1 is 1.15 bits per heavy atom. The Hall–Kier alpha value is -3.17. The van der Waals surface area contributed by atoms with Crippen LogP contribution in [0.2, 0.25) is 0 Å². The number of hydrogen-bond acceptors (Lipinski definition) is 5. The second-order valence-corrected chi connectivity index (χ2v) is 5.62. The monoisotopic (exact) mass is 352 g/mol. The summed E-state index contributed by atoms with van der Waals surface area (Å²) in [5.41, 5.74) is 1.35. The Bertz CT molecular complexity index is 799. The van der Waals surface area contributed by atoms with Gasteiger partial charge in [-0.3, -0.25) is 9.59 Å². The smallest absolute Gasteiger partial charge is 0.249 e. The highest BCUT2D eigenvalue weighted by atomic mass is 16.5. The molecule has 2 rings (SSSR count). The predicted octanol–water partition coefficient (Wildman–Crippen LogP) is 2.95. The van der Waals surface area contributed by atoms with Gasteiger partial charge in [-0.25, -0.2) is 0 Å². The molecule has 0 fully saturated rings. The zero-order valence-electron chi connectivity index (χ0n) is 14.6. The van der Waals surface area contributed by atoms with Crippen molar-refractivity contribution in [2.45, 2.75) is 19.6 Å². The van der Waals surface area contributed by atoms with Gasteiger partial charge >= 0.3 is 0 Å². The molecule has 134 valence electrons. The second kappa shape index (κ2) is 9.35. The molecule has 0 saturated heterocycles. The number of ether oxygens (including phenoxy) is 2. The lowest BCUT2D eigenvalue weighted by atomic mass is 10.0. The van der Waals surface area contributed by atoms with Crippen LogP contribution in [0, 0.1) is 17.2 Å². The summed E-state index contributed by atoms with van der Waals surface area (Å²) < 4.78 is 10.6. The van der Waals surface area contributed by atoms with Crippen molar-refractivity contribution in [1.29, 1.82) is 5.26 Å². The van der Waals surface area contributed by atoms with E-state index < -0.39 is 23.7 Å². The minimum absolute atomic E-state index is 0.226. The molecule has 2 aromatic rings. The van der Waals surface area contributed by atoms with E-state index in [0.29, 0.717) is 11.4 Å². The molecule has 1 N–H and O–H groups in total. The largest absolute Gasteiger partial charge is 0.497 e. The summed E-state index contributed by atoms with van der Waals surface area (Å²) in [6.45, 7) is 1.76. The van der Waals surface area contributed by atoms with E-state index in [4.69, 9.17) is 9.47 Å². The van der Waals surface area contributed by atoms with Crippen molar-refractivity contribution in [1.82, 2.24) is 0 Å². The number of carbonyl (C=O) groups excluding carboxylic acids is 2. The van der Waals surface area contributed by atoms with Crippen LogP contribution in [0.15, 0.2) is 54.6 Å². The van der Waals surface area contributed by atoms with E-state index in [1.807, 2.05) is 30.3 Å². The highest BCUT2D eigenvalue weighted by Crippen LogP contribution is 2.18. The molecule has 26 heavy (non-hydrogen) atoms. The number of Topliss-reactive ketones (excluding diaryl/α,β-unsaturated/α-hetero) is 1. The van der Waals surface area contributed by atoms with E-state index in [1.54, 1.807) is 30.3 Å². The topological polar surface area (TPSA) is 88.4 Å². The van der Waals surface area contributed by atoms with Crippen LogP contribution in [-0.2, 0) is 20.9 Å². The summed E-state index contributed by atoms with van der Waals surface area (Å²) in [5, 5.41) is 11.8. The summed E-state index contributed by atoms with van der Waals surface area (Å²) in [5.74, 6) is -2.17. The van der Waals surface area contributed by atoms with E-state index in [-0.39, 0.29) is 6.61 Å². The van der Waals surface area contributed by atoms with Gasteiger partial charge in [0.25, 0.3) is 0 Å². The minimum Gasteiger partial charge on any atom is -0.497 e. The summed E-state index contributed by atoms with van der Waals surface area (Å²) in [7, 11) is 1.51. The van der Waals surface area contributed by atoms with Crippen molar-refractivity contribution in [2.75, 3.05) is 12.4 Å². The van der Waals surface area contributed by atoms with Crippen LogP contribution in [0.5, 0.6) is 5.75 Å². The second-order valence-electron chi connectivity index (χ2n) is 5.62. The van der Waals surface area contributed by atoms with Gasteiger partial charge in [-0.05, 0) is 24.6 Å². The molecule has 0 aliphatic heterocycles. The molecule has 0 heterocycles. The Labute approximate surface area is 152 Å². The Kier molecular flexibility index (Phi) is 6.89. The molecule has 0 aliphatic rings. The highest BCUT2D eigenvalue weighted by Gasteiger charge is 2.31. The molecule has 0 saturated carbocycles. The zero-order chi connectivity index (χ0) is 18.9. The van der Waals surface area contributed by atoms with Gasteiger partial charge in [0, 0.05) is 11.8 Å². The lowest BCUT2D eigenvalue weighted by molar-refractivity contribution is -0.137. The van der Waals surface area contributed by atoms with Crippen LogP contribution >= 0.6 is 0 Å². The highest BCUT2D eigenvalue weighted by molar-refractivity contribution is 6.10. The average molecular weight is 352 g/mol. The van der Waals surface area contributed by atoms with Crippen molar-refractivity contribution in [2.24, 2.45) is 5.92 Å². The van der Waals surface area contributed by atoms with Crippen LogP contribution in [0.4, 0.5) is 5.69 Å². The van der Waals surface area contributed by atoms with Crippen LogP contribution in [-0.4, -0.2) is 24.9 Å². The number of methoxy groups -OCH3 is 1. The number of hydrogen-bond donors (Lipinski definition) is 1. The third-order valence-electron chi connectivity index (χ3n) is 3.76. The van der Waals surface area contributed by atoms with Gasteiger partial charge in [0.2, 0.25) is 5.91 Å². The first-order valence-corrected chi connectivity index (χ1v) is 8.09. The molecule has 0 bridgehead atoms. The number of ketones is 1. The van der Waals surface area contributed by atoms with Crippen LogP contribution in [0.3, 0.4) is 0 Å². The molecule has 2 aromatic carbocycles. The summed E-state index contributed by atoms with van der Waals surface area (Å²) in [4.78, 5) is 24.7. The molecule has 0 spiro atoms. The SMILES string of the molecule is COc1cccc(NC(=O)C(C#N)C(=O)C(C)OCc2ccccc2)c1. The summed E-state index contributed by atoms with van der Waals surface area (Å²) in [6, 6.07) is 17.8. The van der Waals surface area contributed by atoms with Crippen LogP contribution < -0.4 is 10.1 Å². The van der Waals surface area contributed by atoms with E-state index in [1.165, 1.54) is 14.0 Å². The normalized spacial score (nSPS) is 12.5. The fraction of sp³-hybridized carbons (Fsp3) is 0.250. The van der Waals surface area contributed by atoms with E-state index in [9.17, 15) is 14.9 Å². The lowest BCUT2D eigenvalue weighted by Crippen LogP contribution is -2.35. The number of nitriles is 1. The number of benzene rings is 2. The molecule has 2 atom stereocenters. The molecule has 6 nitrogen and oxygen atoms in total. The van der Waals surface area contributed by atoms with Crippen molar-refractivity contribution in [3.63, 3.8) is 0 Å². The number of rotatable bonds is 8. The molecule has 0 aliphatic carbocycles. The third kappa shape index (κ3) is 5.16. The van der Waals surface area contributed by atoms with E-state index in [0.717, 1.165) is 5.56 Å². The first-order chi connectivity index (χ1) is 12.5. The zero-order valence-corrected chi connectivity index (χ0v) is 14.6. The summed E-state index contributed by atoms with van der Waals surface area (Å²) >= 11 is 0. The van der Waals surface area contributed by atoms with Gasteiger partial charge in [0.1, 0.15) is 11.9 Å². The number of anilines is 1. The first kappa shape index (κ1) is 19.2. The fourth-order valence-corrected chi connectivity index (χ4v) is 2.28. The van der Waals surface area contributed by atoms with Gasteiger partial charge in [0.05, 0.1) is 19.8 Å². The Balaban J connectivity index is 1.98. The van der Waals surface area contributed by atoms with Gasteiger partial charge in [-0.15, -0.1) is 0 Å². The van der Waals surface area contributed by atoms with Crippen molar-refractivity contribution in [3.8, 4) is 11.8 Å². The molecule has 1 amide bonds. The molecular weight excluding hydrogens is 332 g/mol. The van der Waals surface area contributed by atoms with Crippen molar-refractivity contribution >= 4 is 17.4 Å². The maximum Gasteiger partial charge on any atom is 0.249 e. The van der Waals surface area contributed by atoms with Gasteiger partial charge < -0.3 is 14.8 Å². The number of amides is 1. The van der Waals surface area contributed by atoms with Gasteiger partial charge in [0.15, 0.2) is 11.7 Å². The molecule has 0 radical (unpaired) electrons. The Morgan fingerprint density at radius 3 is 2.54 bits per heavy atom. The van der Waals surface area contributed by atoms with Crippen LogP contribution in [0.25, 0.3) is 0 Å². The molecular formula is C20H20N2O4. The minimum atomic E-state index is -1.45. The molecule has 0 aromatic heterocycles. The van der Waals surface area contributed by atoms with Crippen LogP contribution in [0.1, 0.15) is 12.5 Å². The standard InChI is InChI=1S/C20H20N2O4/c1-14(26-13-15-7-4-3-5-8-15)19(23)18(12-21)20(24)22-16-9-6-10-17(11-16)25-2/h3-11,14,18H,13H2,1-2H3,(H,22,24). The molecule has 2 unspecified atom stereocenters. The van der Waals surface area contributed by atoms with Gasteiger partial charge in [-0.1, -0.05) is 36.4 Å². The Morgan fingerprint density at radius 2 is 1.88 bits per heavy atom.